The van der Waals surface area contributed by atoms with Crippen molar-refractivity contribution in [3.05, 3.63) is 77.4 Å². The molecule has 0 spiro atoms. The van der Waals surface area contributed by atoms with Gasteiger partial charge >= 0.3 is 0 Å². The summed E-state index contributed by atoms with van der Waals surface area (Å²) in [6.45, 7) is 2.14. The highest BCUT2D eigenvalue weighted by molar-refractivity contribution is 6.30. The molecule has 1 aliphatic heterocycles. The molecule has 1 amide bonds. The molecular formula is C20H20ClN5O. The lowest BCUT2D eigenvalue weighted by Gasteiger charge is -2.32. The largest absolute Gasteiger partial charge is 0.338 e. The first-order chi connectivity index (χ1) is 13.2. The lowest BCUT2D eigenvalue weighted by molar-refractivity contribution is 0.0703. The van der Waals surface area contributed by atoms with E-state index in [1.165, 1.54) is 11.8 Å². The Bertz CT molecular complexity index is 927. The van der Waals surface area contributed by atoms with Crippen LogP contribution in [-0.4, -0.2) is 43.4 Å². The maximum Gasteiger partial charge on any atom is 0.255 e. The molecule has 1 atom stereocenters. The standard InChI is InChI=1S/C20H20ClN5O/c21-18-10-17(11-23-12-18)20(27)26-8-1-2-16(14-26)19-24-7-9-25(19)13-15-3-5-22-6-4-15/h3-7,9-12,16H,1-2,8,13-14H2/t16-/m0/s1. The van der Waals surface area contributed by atoms with E-state index >= 15 is 0 Å². The summed E-state index contributed by atoms with van der Waals surface area (Å²) in [6.07, 6.45) is 12.5. The third-order valence-electron chi connectivity index (χ3n) is 4.88. The highest BCUT2D eigenvalue weighted by Gasteiger charge is 2.28. The smallest absolute Gasteiger partial charge is 0.255 e. The second kappa shape index (κ2) is 7.88. The number of pyridine rings is 2. The van der Waals surface area contributed by atoms with Gasteiger partial charge in [-0.25, -0.2) is 4.98 Å². The predicted molar refractivity (Wildman–Crippen MR) is 103 cm³/mol. The lowest BCUT2D eigenvalue weighted by atomic mass is 9.96. The van der Waals surface area contributed by atoms with E-state index in [-0.39, 0.29) is 11.8 Å². The normalized spacial score (nSPS) is 17.1. The summed E-state index contributed by atoms with van der Waals surface area (Å²) in [5, 5.41) is 0.474. The summed E-state index contributed by atoms with van der Waals surface area (Å²) >= 11 is 5.98. The fourth-order valence-corrected chi connectivity index (χ4v) is 3.76. The average Bonchev–Trinajstić information content (AvgIpc) is 3.16. The van der Waals surface area contributed by atoms with Crippen LogP contribution in [-0.2, 0) is 6.54 Å². The summed E-state index contributed by atoms with van der Waals surface area (Å²) in [6, 6.07) is 5.68. The number of nitrogens with zero attached hydrogens (tertiary/aromatic N) is 5. The number of rotatable bonds is 4. The van der Waals surface area contributed by atoms with Crippen LogP contribution in [0, 0.1) is 0 Å². The van der Waals surface area contributed by atoms with Gasteiger partial charge in [-0.05, 0) is 36.6 Å². The summed E-state index contributed by atoms with van der Waals surface area (Å²) in [7, 11) is 0. The topological polar surface area (TPSA) is 63.9 Å². The molecule has 0 bridgehead atoms. The van der Waals surface area contributed by atoms with Gasteiger partial charge in [-0.1, -0.05) is 11.6 Å². The Kier molecular flexibility index (Phi) is 5.16. The number of amides is 1. The minimum absolute atomic E-state index is 0.0260. The molecule has 0 aromatic carbocycles. The minimum atomic E-state index is -0.0260. The number of piperidine rings is 1. The number of aromatic nitrogens is 4. The van der Waals surface area contributed by atoms with Gasteiger partial charge < -0.3 is 9.47 Å². The highest BCUT2D eigenvalue weighted by Crippen LogP contribution is 2.27. The van der Waals surface area contributed by atoms with Crippen molar-refractivity contribution in [2.75, 3.05) is 13.1 Å². The molecule has 1 fully saturated rings. The van der Waals surface area contributed by atoms with Gasteiger partial charge in [-0.3, -0.25) is 14.8 Å². The number of halogens is 1. The molecule has 6 nitrogen and oxygen atoms in total. The number of likely N-dealkylation sites (tertiary alicyclic amines) is 1. The maximum atomic E-state index is 12.8. The van der Waals surface area contributed by atoms with Crippen molar-refractivity contribution in [1.82, 2.24) is 24.4 Å². The fraction of sp³-hybridized carbons (Fsp3) is 0.300. The summed E-state index contributed by atoms with van der Waals surface area (Å²) in [5.74, 6) is 1.21. The van der Waals surface area contributed by atoms with Gasteiger partial charge in [0.05, 0.1) is 10.6 Å². The van der Waals surface area contributed by atoms with E-state index in [1.54, 1.807) is 24.7 Å². The maximum absolute atomic E-state index is 12.8. The van der Waals surface area contributed by atoms with Gasteiger partial charge in [0.2, 0.25) is 0 Å². The molecule has 0 aliphatic carbocycles. The van der Waals surface area contributed by atoms with Crippen LogP contribution in [0.1, 0.15) is 40.5 Å². The Hall–Kier alpha value is -2.73. The molecule has 0 unspecified atom stereocenters. The SMILES string of the molecule is O=C(c1cncc(Cl)c1)N1CCC[C@H](c2nccn2Cc2ccncc2)C1. The Labute approximate surface area is 162 Å². The molecule has 3 aromatic heterocycles. The van der Waals surface area contributed by atoms with Gasteiger partial charge in [0, 0.05) is 62.7 Å². The minimum Gasteiger partial charge on any atom is -0.338 e. The van der Waals surface area contributed by atoms with Crippen molar-refractivity contribution in [1.29, 1.82) is 0 Å². The van der Waals surface area contributed by atoms with Crippen LogP contribution in [0.15, 0.2) is 55.4 Å². The first-order valence-electron chi connectivity index (χ1n) is 9.00. The number of hydrogen-bond donors (Lipinski definition) is 0. The van der Waals surface area contributed by atoms with E-state index in [4.69, 9.17) is 11.6 Å². The Morgan fingerprint density at radius 3 is 2.85 bits per heavy atom. The van der Waals surface area contributed by atoms with Gasteiger partial charge in [0.25, 0.3) is 5.91 Å². The molecule has 7 heteroatoms. The van der Waals surface area contributed by atoms with Crippen LogP contribution in [0.3, 0.4) is 0 Å². The van der Waals surface area contributed by atoms with Crippen molar-refractivity contribution in [3.63, 3.8) is 0 Å². The number of imidazole rings is 1. The first-order valence-corrected chi connectivity index (χ1v) is 9.38. The van der Waals surface area contributed by atoms with Crippen LogP contribution in [0.25, 0.3) is 0 Å². The van der Waals surface area contributed by atoms with E-state index in [2.05, 4.69) is 19.5 Å². The van der Waals surface area contributed by atoms with E-state index in [9.17, 15) is 4.79 Å². The van der Waals surface area contributed by atoms with Crippen LogP contribution in [0.2, 0.25) is 5.02 Å². The molecule has 138 valence electrons. The number of carbonyl (C=O) groups is 1. The van der Waals surface area contributed by atoms with Gasteiger partial charge in [-0.2, -0.15) is 0 Å². The van der Waals surface area contributed by atoms with E-state index in [0.717, 1.165) is 31.8 Å². The summed E-state index contributed by atoms with van der Waals surface area (Å²) in [4.78, 5) is 27.4. The quantitative estimate of drug-likeness (QED) is 0.694. The highest BCUT2D eigenvalue weighted by atomic mass is 35.5. The van der Waals surface area contributed by atoms with Crippen LogP contribution >= 0.6 is 11.6 Å². The lowest BCUT2D eigenvalue weighted by Crippen LogP contribution is -2.39. The summed E-state index contributed by atoms with van der Waals surface area (Å²) in [5.41, 5.74) is 1.71. The van der Waals surface area contributed by atoms with Gasteiger partial charge in [0.15, 0.2) is 0 Å². The van der Waals surface area contributed by atoms with E-state index in [0.29, 0.717) is 17.1 Å². The van der Waals surface area contributed by atoms with Crippen LogP contribution in [0.4, 0.5) is 0 Å². The molecule has 1 aliphatic rings. The van der Waals surface area contributed by atoms with Crippen molar-refractivity contribution >= 4 is 17.5 Å². The molecule has 4 rings (SSSR count). The van der Waals surface area contributed by atoms with Crippen LogP contribution < -0.4 is 0 Å². The first kappa shape index (κ1) is 17.7. The van der Waals surface area contributed by atoms with Crippen molar-refractivity contribution in [2.24, 2.45) is 0 Å². The molecule has 0 radical (unpaired) electrons. The van der Waals surface area contributed by atoms with Crippen molar-refractivity contribution < 1.29 is 4.79 Å². The monoisotopic (exact) mass is 381 g/mol. The third-order valence-corrected chi connectivity index (χ3v) is 5.08. The second-order valence-electron chi connectivity index (χ2n) is 6.75. The Balaban J connectivity index is 1.51. The second-order valence-corrected chi connectivity index (χ2v) is 7.19. The number of hydrogen-bond acceptors (Lipinski definition) is 4. The fourth-order valence-electron chi connectivity index (χ4n) is 3.58. The van der Waals surface area contributed by atoms with Gasteiger partial charge in [0.1, 0.15) is 5.82 Å². The zero-order chi connectivity index (χ0) is 18.6. The van der Waals surface area contributed by atoms with Crippen molar-refractivity contribution in [3.8, 4) is 0 Å². The molecule has 4 heterocycles. The van der Waals surface area contributed by atoms with E-state index < -0.39 is 0 Å². The van der Waals surface area contributed by atoms with Crippen molar-refractivity contribution in [2.45, 2.75) is 25.3 Å². The molecule has 1 saturated heterocycles. The van der Waals surface area contributed by atoms with Gasteiger partial charge in [-0.15, -0.1) is 0 Å². The van der Waals surface area contributed by atoms with E-state index in [1.807, 2.05) is 29.4 Å². The number of carbonyl (C=O) groups excluding carboxylic acids is 1. The third kappa shape index (κ3) is 4.01. The summed E-state index contributed by atoms with van der Waals surface area (Å²) < 4.78 is 2.16. The molecular weight excluding hydrogens is 362 g/mol. The van der Waals surface area contributed by atoms with Crippen LogP contribution in [0.5, 0.6) is 0 Å². The Morgan fingerprint density at radius 1 is 1.19 bits per heavy atom. The molecule has 0 N–H and O–H groups in total. The Morgan fingerprint density at radius 2 is 2.04 bits per heavy atom. The average molecular weight is 382 g/mol. The molecule has 27 heavy (non-hydrogen) atoms. The molecule has 0 saturated carbocycles. The molecule has 3 aromatic rings. The zero-order valence-electron chi connectivity index (χ0n) is 14.8. The zero-order valence-corrected chi connectivity index (χ0v) is 15.6. The predicted octanol–water partition coefficient (Wildman–Crippen LogP) is 3.39.